The van der Waals surface area contributed by atoms with Gasteiger partial charge in [-0.05, 0) is 13.0 Å². The van der Waals surface area contributed by atoms with E-state index in [1.807, 2.05) is 0 Å². The van der Waals surface area contributed by atoms with Crippen molar-refractivity contribution in [1.29, 1.82) is 0 Å². The van der Waals surface area contributed by atoms with Crippen LogP contribution in [0.15, 0.2) is 0 Å². The molecule has 2 aliphatic rings. The molecule has 2 saturated heterocycles. The number of alkyl halides is 2. The van der Waals surface area contributed by atoms with E-state index in [-0.39, 0.29) is 19.3 Å². The molecule has 0 saturated carbocycles. The second-order valence-electron chi connectivity index (χ2n) is 3.02. The first-order valence-electron chi connectivity index (χ1n) is 3.53. The fourth-order valence-corrected chi connectivity index (χ4v) is 1.35. The van der Waals surface area contributed by atoms with Crippen LogP contribution in [0.2, 0.25) is 0 Å². The Morgan fingerprint density at radius 2 is 2.00 bits per heavy atom. The molecule has 0 amide bonds. The van der Waals surface area contributed by atoms with Gasteiger partial charge in [-0.3, -0.25) is 4.90 Å². The first kappa shape index (κ1) is 6.49. The largest absolute Gasteiger partial charge is 0.302 e. The molecule has 1 unspecified atom stereocenters. The van der Waals surface area contributed by atoms with Crippen LogP contribution in [0.5, 0.6) is 0 Å². The van der Waals surface area contributed by atoms with Crippen LogP contribution in [0.25, 0.3) is 0 Å². The summed E-state index contributed by atoms with van der Waals surface area (Å²) < 4.78 is 24.5. The van der Waals surface area contributed by atoms with Gasteiger partial charge in [0.05, 0.1) is 19.3 Å². The predicted octanol–water partition coefficient (Wildman–Crippen LogP) is 0.257. The number of hydrogen-bond donors (Lipinski definition) is 1. The first-order valence-corrected chi connectivity index (χ1v) is 3.53. The van der Waals surface area contributed by atoms with Gasteiger partial charge in [0.2, 0.25) is 0 Å². The molecule has 4 heteroatoms. The lowest BCUT2D eigenvalue weighted by atomic mass is 10.1. The summed E-state index contributed by atoms with van der Waals surface area (Å²) in [6.45, 7) is 0.877. The van der Waals surface area contributed by atoms with E-state index in [0.29, 0.717) is 0 Å². The summed E-state index contributed by atoms with van der Waals surface area (Å²) in [5.41, 5.74) is 0. The van der Waals surface area contributed by atoms with Gasteiger partial charge in [0.15, 0.2) is 0 Å². The number of nitrogens with one attached hydrogen (secondary N) is 1. The number of nitrogens with zero attached hydrogens (tertiary/aromatic N) is 1. The van der Waals surface area contributed by atoms with Gasteiger partial charge < -0.3 is 5.32 Å². The van der Waals surface area contributed by atoms with Crippen molar-refractivity contribution < 1.29 is 8.78 Å². The van der Waals surface area contributed by atoms with Gasteiger partial charge >= 0.3 is 0 Å². The molecule has 0 aliphatic carbocycles. The van der Waals surface area contributed by atoms with E-state index in [0.717, 1.165) is 13.0 Å². The molecule has 2 heterocycles. The van der Waals surface area contributed by atoms with Crippen molar-refractivity contribution in [2.24, 2.45) is 0 Å². The summed E-state index contributed by atoms with van der Waals surface area (Å²) in [6, 6.07) is 0. The fourth-order valence-electron chi connectivity index (χ4n) is 1.35. The molecule has 0 aromatic heterocycles. The van der Waals surface area contributed by atoms with Crippen LogP contribution in [0.1, 0.15) is 6.42 Å². The normalized spacial score (nSPS) is 38.4. The average molecular weight is 148 g/mol. The molecule has 0 aromatic carbocycles. The highest BCUT2D eigenvalue weighted by atomic mass is 19.3. The Morgan fingerprint density at radius 1 is 1.40 bits per heavy atom. The van der Waals surface area contributed by atoms with E-state index >= 15 is 0 Å². The zero-order valence-corrected chi connectivity index (χ0v) is 5.61. The molecule has 0 aromatic rings. The molecular formula is C6H10F2N2. The van der Waals surface area contributed by atoms with Gasteiger partial charge in [-0.1, -0.05) is 0 Å². The van der Waals surface area contributed by atoms with Gasteiger partial charge in [0, 0.05) is 0 Å². The fraction of sp³-hybridized carbons (Fsp3) is 1.00. The second kappa shape index (κ2) is 1.89. The minimum Gasteiger partial charge on any atom is -0.302 e. The highest BCUT2D eigenvalue weighted by Gasteiger charge is 2.47. The molecule has 0 spiro atoms. The predicted molar refractivity (Wildman–Crippen MR) is 32.9 cm³/mol. The van der Waals surface area contributed by atoms with E-state index in [1.54, 1.807) is 4.90 Å². The van der Waals surface area contributed by atoms with E-state index in [4.69, 9.17) is 0 Å². The van der Waals surface area contributed by atoms with Crippen LogP contribution >= 0.6 is 0 Å². The summed E-state index contributed by atoms with van der Waals surface area (Å²) in [6.07, 6.45) is 1.27. The van der Waals surface area contributed by atoms with Crippen molar-refractivity contribution in [1.82, 2.24) is 10.2 Å². The smallest absolute Gasteiger partial charge is 0.273 e. The average Bonchev–Trinajstić information content (AvgIpc) is 1.54. The van der Waals surface area contributed by atoms with Crippen LogP contribution in [-0.4, -0.2) is 36.6 Å². The van der Waals surface area contributed by atoms with Crippen molar-refractivity contribution in [3.05, 3.63) is 0 Å². The Hall–Kier alpha value is -0.220. The topological polar surface area (TPSA) is 15.3 Å². The Labute approximate surface area is 58.2 Å². The maximum absolute atomic E-state index is 12.2. The third-order valence-corrected chi connectivity index (χ3v) is 2.11. The highest BCUT2D eigenvalue weighted by molar-refractivity contribution is 4.93. The summed E-state index contributed by atoms with van der Waals surface area (Å²) >= 11 is 0. The van der Waals surface area contributed by atoms with Crippen LogP contribution in [0, 0.1) is 0 Å². The molecule has 58 valence electrons. The SMILES string of the molecule is FC1(F)CN(C2CCN2)C1. The molecule has 0 bridgehead atoms. The lowest BCUT2D eigenvalue weighted by Gasteiger charge is -2.47. The Bertz CT molecular complexity index is 137. The number of halogens is 2. The maximum Gasteiger partial charge on any atom is 0.273 e. The summed E-state index contributed by atoms with van der Waals surface area (Å²) in [5, 5.41) is 3.08. The van der Waals surface area contributed by atoms with Gasteiger partial charge in [-0.25, -0.2) is 8.78 Å². The number of hydrogen-bond acceptors (Lipinski definition) is 2. The van der Waals surface area contributed by atoms with Gasteiger partial charge in [0.25, 0.3) is 5.92 Å². The van der Waals surface area contributed by atoms with Gasteiger partial charge in [-0.2, -0.15) is 0 Å². The lowest BCUT2D eigenvalue weighted by Crippen LogP contribution is -2.67. The molecule has 0 radical (unpaired) electrons. The Balaban J connectivity index is 1.79. The maximum atomic E-state index is 12.2. The van der Waals surface area contributed by atoms with Crippen LogP contribution < -0.4 is 5.32 Å². The third kappa shape index (κ3) is 0.914. The Morgan fingerprint density at radius 3 is 2.30 bits per heavy atom. The number of likely N-dealkylation sites (tertiary alicyclic amines) is 1. The van der Waals surface area contributed by atoms with Crippen molar-refractivity contribution in [2.45, 2.75) is 18.5 Å². The van der Waals surface area contributed by atoms with Crippen LogP contribution in [0.4, 0.5) is 8.78 Å². The van der Waals surface area contributed by atoms with Gasteiger partial charge in [-0.15, -0.1) is 0 Å². The lowest BCUT2D eigenvalue weighted by molar-refractivity contribution is -0.159. The zero-order chi connectivity index (χ0) is 7.19. The highest BCUT2D eigenvalue weighted by Crippen LogP contribution is 2.29. The summed E-state index contributed by atoms with van der Waals surface area (Å²) in [5.74, 6) is -2.41. The summed E-state index contributed by atoms with van der Waals surface area (Å²) in [4.78, 5) is 1.78. The standard InChI is InChI=1S/C6H10F2N2/c7-6(8)3-10(4-6)5-1-2-9-5/h5,9H,1-4H2. The number of rotatable bonds is 1. The van der Waals surface area contributed by atoms with E-state index in [2.05, 4.69) is 5.32 Å². The van der Waals surface area contributed by atoms with Crippen LogP contribution in [-0.2, 0) is 0 Å². The van der Waals surface area contributed by atoms with Crippen molar-refractivity contribution >= 4 is 0 Å². The van der Waals surface area contributed by atoms with Crippen molar-refractivity contribution in [3.8, 4) is 0 Å². The van der Waals surface area contributed by atoms with Crippen molar-refractivity contribution in [2.75, 3.05) is 19.6 Å². The van der Waals surface area contributed by atoms with E-state index in [1.165, 1.54) is 0 Å². The molecule has 2 fully saturated rings. The molecular weight excluding hydrogens is 138 g/mol. The zero-order valence-electron chi connectivity index (χ0n) is 5.61. The monoisotopic (exact) mass is 148 g/mol. The van der Waals surface area contributed by atoms with Gasteiger partial charge in [0.1, 0.15) is 0 Å². The third-order valence-electron chi connectivity index (χ3n) is 2.11. The molecule has 1 atom stereocenters. The van der Waals surface area contributed by atoms with E-state index < -0.39 is 5.92 Å². The quantitative estimate of drug-likeness (QED) is 0.573. The summed E-state index contributed by atoms with van der Waals surface area (Å²) in [7, 11) is 0. The Kier molecular flexibility index (Phi) is 1.22. The minimum absolute atomic E-state index is 0.0509. The first-order chi connectivity index (χ1) is 4.67. The molecule has 2 aliphatic heterocycles. The minimum atomic E-state index is -2.41. The second-order valence-corrected chi connectivity index (χ2v) is 3.02. The van der Waals surface area contributed by atoms with E-state index in [9.17, 15) is 8.78 Å². The molecule has 1 N–H and O–H groups in total. The van der Waals surface area contributed by atoms with Crippen molar-refractivity contribution in [3.63, 3.8) is 0 Å². The molecule has 10 heavy (non-hydrogen) atoms. The molecule has 2 rings (SSSR count). The van der Waals surface area contributed by atoms with Crippen LogP contribution in [0.3, 0.4) is 0 Å². The molecule has 2 nitrogen and oxygen atoms in total.